The number of rotatable bonds is 10. The summed E-state index contributed by atoms with van der Waals surface area (Å²) in [5.74, 6) is 1.81. The zero-order valence-electron chi connectivity index (χ0n) is 27.2. The molecule has 9 heteroatoms. The Labute approximate surface area is 260 Å². The van der Waals surface area contributed by atoms with Crippen molar-refractivity contribution in [1.82, 2.24) is 20.4 Å². The summed E-state index contributed by atoms with van der Waals surface area (Å²) in [6, 6.07) is 0.972. The van der Waals surface area contributed by atoms with E-state index < -0.39 is 0 Å². The Morgan fingerprint density at radius 2 is 1.67 bits per heavy atom. The number of piperidine rings is 1. The molecule has 0 aromatic carbocycles. The molecule has 246 valence electrons. The van der Waals surface area contributed by atoms with Crippen LogP contribution in [0.4, 0.5) is 0 Å². The lowest BCUT2D eigenvalue weighted by molar-refractivity contribution is -0.134. The molecular formula is C34H60N4O5. The highest BCUT2D eigenvalue weighted by Gasteiger charge is 2.45. The zero-order chi connectivity index (χ0) is 30.3. The third kappa shape index (κ3) is 8.32. The third-order valence-electron chi connectivity index (χ3n) is 12.0. The molecule has 2 saturated carbocycles. The summed E-state index contributed by atoms with van der Waals surface area (Å²) in [5.41, 5.74) is 0. The quantitative estimate of drug-likeness (QED) is 0.352. The molecule has 0 radical (unpaired) electrons. The van der Waals surface area contributed by atoms with Crippen molar-refractivity contribution in [2.24, 2.45) is 41.4 Å². The molecule has 3 aliphatic heterocycles. The molecule has 9 nitrogen and oxygen atoms in total. The van der Waals surface area contributed by atoms with Gasteiger partial charge in [-0.15, -0.1) is 0 Å². The Balaban J connectivity index is 1.25. The van der Waals surface area contributed by atoms with Crippen molar-refractivity contribution in [3.05, 3.63) is 0 Å². The average Bonchev–Trinajstić information content (AvgIpc) is 3.02. The monoisotopic (exact) mass is 604 g/mol. The Hall–Kier alpha value is -1.26. The Morgan fingerprint density at radius 3 is 2.35 bits per heavy atom. The third-order valence-corrected chi connectivity index (χ3v) is 12.0. The summed E-state index contributed by atoms with van der Waals surface area (Å²) in [7, 11) is 0. The van der Waals surface area contributed by atoms with Gasteiger partial charge in [0.05, 0.1) is 19.1 Å². The minimum Gasteiger partial charge on any atom is -0.396 e. The number of carbonyl (C=O) groups is 2. The highest BCUT2D eigenvalue weighted by atomic mass is 16.5. The lowest BCUT2D eigenvalue weighted by atomic mass is 9.63. The summed E-state index contributed by atoms with van der Waals surface area (Å²) < 4.78 is 11.3. The SMILES string of the molecule is CCN(C1CCOCC1)C1CC(C2CCC(CN3CCOCC3)CC2)CC(C(=O)NCC2C(=O)NC(C)CC2CO)C1C. The summed E-state index contributed by atoms with van der Waals surface area (Å²) in [5, 5.41) is 16.2. The fraction of sp³-hybridized carbons (Fsp3) is 0.941. The predicted molar refractivity (Wildman–Crippen MR) is 167 cm³/mol. The van der Waals surface area contributed by atoms with E-state index in [9.17, 15) is 14.7 Å². The molecule has 5 rings (SSSR count). The Bertz CT molecular complexity index is 886. The van der Waals surface area contributed by atoms with Gasteiger partial charge in [-0.1, -0.05) is 13.8 Å². The maximum Gasteiger partial charge on any atom is 0.225 e. The summed E-state index contributed by atoms with van der Waals surface area (Å²) >= 11 is 0. The molecule has 7 atom stereocenters. The first-order chi connectivity index (χ1) is 20.9. The molecule has 2 amide bonds. The van der Waals surface area contributed by atoms with Crippen LogP contribution in [0, 0.1) is 41.4 Å². The van der Waals surface area contributed by atoms with Gasteiger partial charge < -0.3 is 25.2 Å². The number of aliphatic hydroxyl groups is 1. The van der Waals surface area contributed by atoms with Gasteiger partial charge in [-0.2, -0.15) is 0 Å². The van der Waals surface area contributed by atoms with Crippen LogP contribution < -0.4 is 10.6 Å². The largest absolute Gasteiger partial charge is 0.396 e. The highest BCUT2D eigenvalue weighted by molar-refractivity contribution is 5.83. The van der Waals surface area contributed by atoms with E-state index in [1.165, 1.54) is 38.6 Å². The van der Waals surface area contributed by atoms with Crippen LogP contribution in [0.2, 0.25) is 0 Å². The second-order valence-electron chi connectivity index (χ2n) is 14.6. The van der Waals surface area contributed by atoms with Crippen molar-refractivity contribution in [1.29, 1.82) is 0 Å². The van der Waals surface area contributed by atoms with Crippen molar-refractivity contribution in [3.8, 4) is 0 Å². The van der Waals surface area contributed by atoms with Crippen LogP contribution in [0.1, 0.15) is 78.6 Å². The Kier molecular flexibility index (Phi) is 12.2. The summed E-state index contributed by atoms with van der Waals surface area (Å²) in [6.07, 6.45) is 10.2. The van der Waals surface area contributed by atoms with E-state index in [4.69, 9.17) is 9.47 Å². The standard InChI is InChI=1S/C34H60N4O5/c1-4-38(29-9-13-42-14-10-29)32-19-27(26-7-5-25(6-8-26)21-37-11-15-43-16-12-37)18-30(24(32)3)33(40)35-20-31-28(22-39)17-23(2)36-34(31)41/h23-32,39H,4-22H2,1-3H3,(H,35,40)(H,36,41). The van der Waals surface area contributed by atoms with Crippen molar-refractivity contribution in [2.45, 2.75) is 96.7 Å². The number of aliphatic hydroxyl groups excluding tert-OH is 1. The first-order valence-electron chi connectivity index (χ1n) is 17.7. The van der Waals surface area contributed by atoms with E-state index in [0.717, 1.165) is 77.7 Å². The van der Waals surface area contributed by atoms with E-state index in [1.54, 1.807) is 0 Å². The number of carbonyl (C=O) groups excluding carboxylic acids is 2. The summed E-state index contributed by atoms with van der Waals surface area (Å²) in [6.45, 7) is 14.6. The van der Waals surface area contributed by atoms with Crippen molar-refractivity contribution >= 4 is 11.8 Å². The van der Waals surface area contributed by atoms with Gasteiger partial charge in [0, 0.05) is 70.0 Å². The van der Waals surface area contributed by atoms with Gasteiger partial charge in [0.15, 0.2) is 0 Å². The molecular weight excluding hydrogens is 544 g/mol. The molecule has 7 unspecified atom stereocenters. The van der Waals surface area contributed by atoms with Gasteiger partial charge in [0.2, 0.25) is 11.8 Å². The highest BCUT2D eigenvalue weighted by Crippen LogP contribution is 2.46. The van der Waals surface area contributed by atoms with Crippen LogP contribution in [0.5, 0.6) is 0 Å². The maximum atomic E-state index is 14.0. The minimum atomic E-state index is -0.369. The predicted octanol–water partition coefficient (Wildman–Crippen LogP) is 2.91. The lowest BCUT2D eigenvalue weighted by Gasteiger charge is -2.50. The van der Waals surface area contributed by atoms with Crippen molar-refractivity contribution < 1.29 is 24.2 Å². The van der Waals surface area contributed by atoms with E-state index in [-0.39, 0.29) is 48.1 Å². The normalized spacial score (nSPS) is 38.5. The molecule has 3 N–H and O–H groups in total. The van der Waals surface area contributed by atoms with E-state index >= 15 is 0 Å². The fourth-order valence-electron chi connectivity index (χ4n) is 9.41. The number of morpholine rings is 1. The fourth-order valence-corrected chi connectivity index (χ4v) is 9.41. The van der Waals surface area contributed by atoms with Crippen LogP contribution >= 0.6 is 0 Å². The second kappa shape index (κ2) is 15.8. The van der Waals surface area contributed by atoms with Gasteiger partial charge in [-0.05, 0) is 101 Å². The number of amides is 2. The van der Waals surface area contributed by atoms with Crippen LogP contribution in [0.25, 0.3) is 0 Å². The Morgan fingerprint density at radius 1 is 0.977 bits per heavy atom. The van der Waals surface area contributed by atoms with Crippen LogP contribution in [0.3, 0.4) is 0 Å². The maximum absolute atomic E-state index is 14.0. The van der Waals surface area contributed by atoms with Crippen molar-refractivity contribution in [3.63, 3.8) is 0 Å². The minimum absolute atomic E-state index is 0.0208. The molecule has 2 aliphatic carbocycles. The van der Waals surface area contributed by atoms with Gasteiger partial charge in [-0.25, -0.2) is 0 Å². The number of hydrogen-bond donors (Lipinski definition) is 3. The molecule has 0 aromatic rings. The van der Waals surface area contributed by atoms with Gasteiger partial charge in [0.25, 0.3) is 0 Å². The first-order valence-corrected chi connectivity index (χ1v) is 17.7. The second-order valence-corrected chi connectivity index (χ2v) is 14.6. The smallest absolute Gasteiger partial charge is 0.225 e. The van der Waals surface area contributed by atoms with Crippen LogP contribution in [0.15, 0.2) is 0 Å². The number of ether oxygens (including phenoxy) is 2. The van der Waals surface area contributed by atoms with E-state index in [1.807, 2.05) is 6.92 Å². The zero-order valence-corrected chi connectivity index (χ0v) is 27.2. The van der Waals surface area contributed by atoms with Gasteiger partial charge in [0.1, 0.15) is 0 Å². The average molecular weight is 605 g/mol. The topological polar surface area (TPSA) is 103 Å². The number of hydrogen-bond acceptors (Lipinski definition) is 7. The summed E-state index contributed by atoms with van der Waals surface area (Å²) in [4.78, 5) is 32.1. The molecule has 3 heterocycles. The molecule has 43 heavy (non-hydrogen) atoms. The van der Waals surface area contributed by atoms with Crippen molar-refractivity contribution in [2.75, 3.05) is 65.8 Å². The molecule has 3 saturated heterocycles. The molecule has 0 aromatic heterocycles. The molecule has 0 spiro atoms. The number of nitrogens with one attached hydrogen (secondary N) is 2. The molecule has 5 fully saturated rings. The lowest BCUT2D eigenvalue weighted by Crippen LogP contribution is -2.56. The van der Waals surface area contributed by atoms with Crippen LogP contribution in [-0.2, 0) is 19.1 Å². The first kappa shape index (κ1) is 33.1. The van der Waals surface area contributed by atoms with Gasteiger partial charge >= 0.3 is 0 Å². The van der Waals surface area contributed by atoms with Crippen LogP contribution in [-0.4, -0.2) is 111 Å². The van der Waals surface area contributed by atoms with E-state index in [0.29, 0.717) is 30.5 Å². The molecule has 0 bridgehead atoms. The number of nitrogens with zero attached hydrogens (tertiary/aromatic N) is 2. The molecule has 5 aliphatic rings. The van der Waals surface area contributed by atoms with Gasteiger partial charge in [-0.3, -0.25) is 19.4 Å². The van der Waals surface area contributed by atoms with E-state index in [2.05, 4.69) is 34.3 Å².